The predicted octanol–water partition coefficient (Wildman–Crippen LogP) is 4.66. The number of nitrogens with one attached hydrogen (secondary N) is 1. The van der Waals surface area contributed by atoms with E-state index in [9.17, 15) is 4.79 Å². The molecule has 1 N–H and O–H groups in total. The Bertz CT molecular complexity index is 988. The summed E-state index contributed by atoms with van der Waals surface area (Å²) in [6.45, 7) is 2.42. The standard InChI is InChI=1S/C19H17Cl2N3O2/c1-12-8-14(20)15(21)9-16(12)22-19-23-18(25)17(26-2)11-24(19)10-13-6-4-3-5-7-13/h3-9,11H,10H2,1-2H3,(H,22,23,25). The maximum atomic E-state index is 12.1. The van der Waals surface area contributed by atoms with Crippen LogP contribution in [-0.4, -0.2) is 16.7 Å². The molecule has 0 spiro atoms. The molecule has 0 atom stereocenters. The van der Waals surface area contributed by atoms with Crippen molar-refractivity contribution in [2.75, 3.05) is 12.4 Å². The number of anilines is 2. The molecule has 0 saturated carbocycles. The molecular weight excluding hydrogens is 373 g/mol. The van der Waals surface area contributed by atoms with Crippen LogP contribution < -0.4 is 15.6 Å². The van der Waals surface area contributed by atoms with Gasteiger partial charge in [0.25, 0.3) is 0 Å². The minimum Gasteiger partial charge on any atom is -0.490 e. The molecular formula is C19H17Cl2N3O2. The van der Waals surface area contributed by atoms with E-state index in [1.54, 1.807) is 18.3 Å². The molecule has 0 aliphatic heterocycles. The van der Waals surface area contributed by atoms with Gasteiger partial charge >= 0.3 is 5.56 Å². The largest absolute Gasteiger partial charge is 0.490 e. The second-order valence-electron chi connectivity index (χ2n) is 5.76. The summed E-state index contributed by atoms with van der Waals surface area (Å²) >= 11 is 12.2. The van der Waals surface area contributed by atoms with Gasteiger partial charge in [-0.15, -0.1) is 0 Å². The van der Waals surface area contributed by atoms with Crippen molar-refractivity contribution in [1.82, 2.24) is 9.55 Å². The summed E-state index contributed by atoms with van der Waals surface area (Å²) in [5.74, 6) is 0.568. The fourth-order valence-corrected chi connectivity index (χ4v) is 2.90. The maximum Gasteiger partial charge on any atom is 0.316 e. The third-order valence-electron chi connectivity index (χ3n) is 3.89. The first-order valence-electron chi connectivity index (χ1n) is 7.90. The number of nitrogens with zero attached hydrogens (tertiary/aromatic N) is 2. The van der Waals surface area contributed by atoms with Crippen molar-refractivity contribution < 1.29 is 4.74 Å². The van der Waals surface area contributed by atoms with Crippen LogP contribution in [0.4, 0.5) is 11.6 Å². The molecule has 0 bridgehead atoms. The van der Waals surface area contributed by atoms with Gasteiger partial charge in [-0.1, -0.05) is 53.5 Å². The van der Waals surface area contributed by atoms with Crippen molar-refractivity contribution in [1.29, 1.82) is 0 Å². The number of ether oxygens (including phenoxy) is 1. The maximum absolute atomic E-state index is 12.1. The molecule has 1 heterocycles. The molecule has 3 aromatic rings. The molecule has 1 aromatic heterocycles. The molecule has 0 fully saturated rings. The highest BCUT2D eigenvalue weighted by molar-refractivity contribution is 6.42. The van der Waals surface area contributed by atoms with Crippen LogP contribution in [0.5, 0.6) is 5.75 Å². The first kappa shape index (κ1) is 18.3. The second-order valence-corrected chi connectivity index (χ2v) is 6.57. The topological polar surface area (TPSA) is 56.1 Å². The third-order valence-corrected chi connectivity index (χ3v) is 4.61. The zero-order valence-corrected chi connectivity index (χ0v) is 15.8. The second kappa shape index (κ2) is 7.81. The number of aromatic nitrogens is 2. The smallest absolute Gasteiger partial charge is 0.316 e. The summed E-state index contributed by atoms with van der Waals surface area (Å²) in [6, 6.07) is 13.3. The normalized spacial score (nSPS) is 10.6. The van der Waals surface area contributed by atoms with E-state index in [0.717, 1.165) is 16.8 Å². The average Bonchev–Trinajstić information content (AvgIpc) is 2.62. The van der Waals surface area contributed by atoms with Crippen LogP contribution in [0.25, 0.3) is 0 Å². The SMILES string of the molecule is COc1cn(Cc2ccccc2)c(Nc2cc(Cl)c(Cl)cc2C)nc1=O. The Kier molecular flexibility index (Phi) is 5.49. The number of methoxy groups -OCH3 is 1. The number of hydrogen-bond donors (Lipinski definition) is 1. The van der Waals surface area contributed by atoms with E-state index in [1.807, 2.05) is 41.8 Å². The van der Waals surface area contributed by atoms with Gasteiger partial charge in [-0.25, -0.2) is 0 Å². The van der Waals surface area contributed by atoms with E-state index in [-0.39, 0.29) is 5.75 Å². The number of benzene rings is 2. The van der Waals surface area contributed by atoms with Crippen molar-refractivity contribution in [3.8, 4) is 5.75 Å². The van der Waals surface area contributed by atoms with Crippen LogP contribution in [0.2, 0.25) is 10.0 Å². The highest BCUT2D eigenvalue weighted by Gasteiger charge is 2.12. The van der Waals surface area contributed by atoms with E-state index < -0.39 is 5.56 Å². The zero-order chi connectivity index (χ0) is 18.7. The van der Waals surface area contributed by atoms with Crippen molar-refractivity contribution in [3.05, 3.63) is 80.2 Å². The average molecular weight is 390 g/mol. The quantitative estimate of drug-likeness (QED) is 0.689. The van der Waals surface area contributed by atoms with Crippen LogP contribution in [0.3, 0.4) is 0 Å². The Morgan fingerprint density at radius 2 is 1.85 bits per heavy atom. The molecule has 0 aliphatic rings. The van der Waals surface area contributed by atoms with E-state index >= 15 is 0 Å². The molecule has 0 radical (unpaired) electrons. The summed E-state index contributed by atoms with van der Waals surface area (Å²) in [5, 5.41) is 4.07. The van der Waals surface area contributed by atoms with Gasteiger partial charge in [0.15, 0.2) is 0 Å². The van der Waals surface area contributed by atoms with E-state index in [1.165, 1.54) is 7.11 Å². The summed E-state index contributed by atoms with van der Waals surface area (Å²) in [5.41, 5.74) is 2.22. The summed E-state index contributed by atoms with van der Waals surface area (Å²) in [7, 11) is 1.45. The molecule has 7 heteroatoms. The lowest BCUT2D eigenvalue weighted by atomic mass is 10.2. The lowest BCUT2D eigenvalue weighted by Crippen LogP contribution is -2.19. The lowest BCUT2D eigenvalue weighted by Gasteiger charge is -2.17. The molecule has 134 valence electrons. The molecule has 0 amide bonds. The Morgan fingerprint density at radius 3 is 2.54 bits per heavy atom. The van der Waals surface area contributed by atoms with Crippen LogP contribution in [0, 0.1) is 6.92 Å². The van der Waals surface area contributed by atoms with Crippen molar-refractivity contribution in [3.63, 3.8) is 0 Å². The van der Waals surface area contributed by atoms with Gasteiger partial charge in [-0.3, -0.25) is 4.79 Å². The molecule has 0 aliphatic carbocycles. The van der Waals surface area contributed by atoms with Crippen molar-refractivity contribution in [2.45, 2.75) is 13.5 Å². The molecule has 3 rings (SSSR count). The van der Waals surface area contributed by atoms with Gasteiger partial charge < -0.3 is 14.6 Å². The Labute approximate surface area is 161 Å². The number of aryl methyl sites for hydroxylation is 1. The van der Waals surface area contributed by atoms with Crippen LogP contribution in [-0.2, 0) is 6.54 Å². The van der Waals surface area contributed by atoms with Gasteiger partial charge in [-0.2, -0.15) is 4.98 Å². The van der Waals surface area contributed by atoms with Gasteiger partial charge in [0.2, 0.25) is 11.7 Å². The highest BCUT2D eigenvalue weighted by Crippen LogP contribution is 2.30. The summed E-state index contributed by atoms with van der Waals surface area (Å²) in [4.78, 5) is 16.3. The van der Waals surface area contributed by atoms with Gasteiger partial charge in [0.1, 0.15) is 0 Å². The molecule has 2 aromatic carbocycles. The van der Waals surface area contributed by atoms with Gasteiger partial charge in [0.05, 0.1) is 29.9 Å². The van der Waals surface area contributed by atoms with Gasteiger partial charge in [-0.05, 0) is 30.2 Å². The van der Waals surface area contributed by atoms with E-state index in [4.69, 9.17) is 27.9 Å². The first-order valence-corrected chi connectivity index (χ1v) is 8.65. The van der Waals surface area contributed by atoms with Crippen LogP contribution in [0.15, 0.2) is 53.5 Å². The number of hydrogen-bond acceptors (Lipinski definition) is 4. The first-order chi connectivity index (χ1) is 12.5. The zero-order valence-electron chi connectivity index (χ0n) is 14.3. The van der Waals surface area contributed by atoms with Crippen LogP contribution >= 0.6 is 23.2 Å². The predicted molar refractivity (Wildman–Crippen MR) is 105 cm³/mol. The summed E-state index contributed by atoms with van der Waals surface area (Å²) in [6.07, 6.45) is 1.64. The monoisotopic (exact) mass is 389 g/mol. The molecule has 0 saturated heterocycles. The Hall–Kier alpha value is -2.50. The fourth-order valence-electron chi connectivity index (χ4n) is 2.52. The minimum absolute atomic E-state index is 0.178. The number of rotatable bonds is 5. The molecule has 0 unspecified atom stereocenters. The third kappa shape index (κ3) is 4.00. The van der Waals surface area contributed by atoms with Crippen molar-refractivity contribution in [2.24, 2.45) is 0 Å². The number of halogens is 2. The summed E-state index contributed by atoms with van der Waals surface area (Å²) < 4.78 is 6.94. The Balaban J connectivity index is 2.04. The van der Waals surface area contributed by atoms with E-state index in [0.29, 0.717) is 22.5 Å². The van der Waals surface area contributed by atoms with Crippen LogP contribution in [0.1, 0.15) is 11.1 Å². The Morgan fingerprint density at radius 1 is 1.15 bits per heavy atom. The van der Waals surface area contributed by atoms with Gasteiger partial charge in [0, 0.05) is 5.69 Å². The highest BCUT2D eigenvalue weighted by atomic mass is 35.5. The molecule has 26 heavy (non-hydrogen) atoms. The van der Waals surface area contributed by atoms with E-state index in [2.05, 4.69) is 10.3 Å². The fraction of sp³-hybridized carbons (Fsp3) is 0.158. The lowest BCUT2D eigenvalue weighted by molar-refractivity contribution is 0.402. The van der Waals surface area contributed by atoms with Crippen molar-refractivity contribution >= 4 is 34.8 Å². The minimum atomic E-state index is -0.447. The molecule has 5 nitrogen and oxygen atoms in total.